The van der Waals surface area contributed by atoms with E-state index < -0.39 is 5.66 Å². The van der Waals surface area contributed by atoms with Crippen molar-refractivity contribution in [2.24, 2.45) is 0 Å². The minimum absolute atomic E-state index is 0.00358. The van der Waals surface area contributed by atoms with Gasteiger partial charge in [0, 0.05) is 19.5 Å². The highest BCUT2D eigenvalue weighted by atomic mass is 16.2. The van der Waals surface area contributed by atoms with Gasteiger partial charge in [0.05, 0.1) is 11.3 Å². The molecule has 3 amide bonds. The van der Waals surface area contributed by atoms with Crippen LogP contribution in [-0.4, -0.2) is 52.8 Å². The van der Waals surface area contributed by atoms with Gasteiger partial charge in [-0.15, -0.1) is 0 Å². The summed E-state index contributed by atoms with van der Waals surface area (Å²) in [5.74, 6) is -0.221. The fourth-order valence-corrected chi connectivity index (χ4v) is 4.08. The van der Waals surface area contributed by atoms with Crippen LogP contribution in [-0.2, 0) is 9.59 Å². The molecule has 0 saturated carbocycles. The first-order valence-electron chi connectivity index (χ1n) is 9.45. The lowest BCUT2D eigenvalue weighted by atomic mass is 9.98. The molecule has 6 heteroatoms. The molecule has 0 radical (unpaired) electrons. The number of hydrogen-bond acceptors (Lipinski definition) is 3. The Balaban J connectivity index is 1.95. The van der Waals surface area contributed by atoms with Crippen molar-refractivity contribution in [2.75, 3.05) is 24.5 Å². The van der Waals surface area contributed by atoms with Gasteiger partial charge in [0.2, 0.25) is 11.8 Å². The Morgan fingerprint density at radius 2 is 1.81 bits per heavy atom. The van der Waals surface area contributed by atoms with E-state index in [1.165, 1.54) is 0 Å². The van der Waals surface area contributed by atoms with E-state index in [0.29, 0.717) is 37.2 Å². The average molecular weight is 357 g/mol. The van der Waals surface area contributed by atoms with Crippen LogP contribution in [0.25, 0.3) is 0 Å². The van der Waals surface area contributed by atoms with Gasteiger partial charge < -0.3 is 9.80 Å². The molecule has 3 rings (SSSR count). The molecule has 1 unspecified atom stereocenters. The Morgan fingerprint density at radius 1 is 1.15 bits per heavy atom. The molecule has 1 saturated heterocycles. The molecule has 0 N–H and O–H groups in total. The molecule has 2 aliphatic rings. The number of para-hydroxylation sites is 1. The molecule has 0 spiro atoms. The minimum Gasteiger partial charge on any atom is -0.341 e. The van der Waals surface area contributed by atoms with E-state index in [1.807, 2.05) is 37.8 Å². The van der Waals surface area contributed by atoms with Crippen LogP contribution < -0.4 is 4.90 Å². The van der Waals surface area contributed by atoms with Crippen LogP contribution in [0.4, 0.5) is 5.69 Å². The fraction of sp³-hybridized carbons (Fsp3) is 0.550. The van der Waals surface area contributed by atoms with E-state index in [4.69, 9.17) is 0 Å². The Morgan fingerprint density at radius 3 is 2.46 bits per heavy atom. The second kappa shape index (κ2) is 7.09. The third-order valence-electron chi connectivity index (χ3n) is 5.38. The zero-order chi connectivity index (χ0) is 18.9. The number of carbonyl (C=O) groups is 3. The summed E-state index contributed by atoms with van der Waals surface area (Å²) in [5, 5.41) is 0. The maximum Gasteiger partial charge on any atom is 0.258 e. The predicted octanol–water partition coefficient (Wildman–Crippen LogP) is 2.63. The van der Waals surface area contributed by atoms with Gasteiger partial charge in [-0.1, -0.05) is 26.0 Å². The molecule has 6 nitrogen and oxygen atoms in total. The third kappa shape index (κ3) is 2.87. The molecular weight excluding hydrogens is 330 g/mol. The summed E-state index contributed by atoms with van der Waals surface area (Å²) in [6.07, 6.45) is 2.69. The lowest BCUT2D eigenvalue weighted by molar-refractivity contribution is -0.133. The third-order valence-corrected chi connectivity index (χ3v) is 5.38. The van der Waals surface area contributed by atoms with Crippen LogP contribution in [0.2, 0.25) is 0 Å². The minimum atomic E-state index is -0.776. The summed E-state index contributed by atoms with van der Waals surface area (Å²) in [6.45, 7) is 7.35. The topological polar surface area (TPSA) is 60.9 Å². The summed E-state index contributed by atoms with van der Waals surface area (Å²) in [6, 6.07) is 7.17. The van der Waals surface area contributed by atoms with Crippen LogP contribution in [0.1, 0.15) is 56.8 Å². The molecule has 0 aromatic heterocycles. The summed E-state index contributed by atoms with van der Waals surface area (Å²) in [5.41, 5.74) is 0.373. The van der Waals surface area contributed by atoms with Gasteiger partial charge in [0.25, 0.3) is 5.91 Å². The van der Waals surface area contributed by atoms with E-state index in [2.05, 4.69) is 0 Å². The van der Waals surface area contributed by atoms with E-state index in [9.17, 15) is 14.4 Å². The lowest BCUT2D eigenvalue weighted by Gasteiger charge is -2.48. The molecule has 1 aromatic rings. The molecule has 0 aliphatic carbocycles. The number of hydrogen-bond donors (Lipinski definition) is 0. The summed E-state index contributed by atoms with van der Waals surface area (Å²) in [4.78, 5) is 43.7. The summed E-state index contributed by atoms with van der Waals surface area (Å²) in [7, 11) is 0. The van der Waals surface area contributed by atoms with Crippen molar-refractivity contribution in [2.45, 2.75) is 52.1 Å². The molecule has 140 valence electrons. The molecular formula is C20H27N3O3. The van der Waals surface area contributed by atoms with Crippen molar-refractivity contribution < 1.29 is 14.4 Å². The van der Waals surface area contributed by atoms with Crippen molar-refractivity contribution in [3.05, 3.63) is 29.8 Å². The Bertz CT molecular complexity index is 727. The van der Waals surface area contributed by atoms with Gasteiger partial charge in [-0.2, -0.15) is 0 Å². The molecule has 2 heterocycles. The van der Waals surface area contributed by atoms with Crippen molar-refractivity contribution in [1.29, 1.82) is 0 Å². The van der Waals surface area contributed by atoms with Crippen molar-refractivity contribution in [1.82, 2.24) is 9.80 Å². The standard InChI is InChI=1S/C20H27N3O3/c1-4-12-21(13-5-2)18(25)14-22-19(26)15-8-6-7-9-16(15)23-17(24)10-11-20(22,23)3/h6-9H,4-5,10-14H2,1-3H3. The molecule has 1 fully saturated rings. The molecule has 1 atom stereocenters. The predicted molar refractivity (Wildman–Crippen MR) is 99.8 cm³/mol. The van der Waals surface area contributed by atoms with Gasteiger partial charge in [-0.25, -0.2) is 0 Å². The molecule has 2 aliphatic heterocycles. The van der Waals surface area contributed by atoms with Gasteiger partial charge in [-0.05, 0) is 38.3 Å². The summed E-state index contributed by atoms with van der Waals surface area (Å²) < 4.78 is 0. The first kappa shape index (κ1) is 18.4. The van der Waals surface area contributed by atoms with Gasteiger partial charge in [0.1, 0.15) is 12.2 Å². The number of rotatable bonds is 6. The lowest BCUT2D eigenvalue weighted by Crippen LogP contribution is -2.64. The highest BCUT2D eigenvalue weighted by Crippen LogP contribution is 2.43. The van der Waals surface area contributed by atoms with Crippen LogP contribution in [0.3, 0.4) is 0 Å². The van der Waals surface area contributed by atoms with Gasteiger partial charge in [-0.3, -0.25) is 19.3 Å². The quantitative estimate of drug-likeness (QED) is 0.786. The zero-order valence-corrected chi connectivity index (χ0v) is 15.8. The van der Waals surface area contributed by atoms with E-state index in [1.54, 1.807) is 21.9 Å². The number of nitrogens with zero attached hydrogens (tertiary/aromatic N) is 3. The monoisotopic (exact) mass is 357 g/mol. The fourth-order valence-electron chi connectivity index (χ4n) is 4.08. The Labute approximate surface area is 154 Å². The average Bonchev–Trinajstić information content (AvgIpc) is 2.94. The molecule has 1 aromatic carbocycles. The van der Waals surface area contributed by atoms with Crippen molar-refractivity contribution in [3.63, 3.8) is 0 Å². The zero-order valence-electron chi connectivity index (χ0n) is 15.8. The van der Waals surface area contributed by atoms with Crippen LogP contribution in [0.5, 0.6) is 0 Å². The normalized spacial score (nSPS) is 21.7. The van der Waals surface area contributed by atoms with Gasteiger partial charge in [0.15, 0.2) is 0 Å². The largest absolute Gasteiger partial charge is 0.341 e. The highest BCUT2D eigenvalue weighted by Gasteiger charge is 2.53. The Kier molecular flexibility index (Phi) is 5.03. The van der Waals surface area contributed by atoms with E-state index >= 15 is 0 Å². The van der Waals surface area contributed by atoms with Gasteiger partial charge >= 0.3 is 0 Å². The smallest absolute Gasteiger partial charge is 0.258 e. The molecule has 26 heavy (non-hydrogen) atoms. The number of carbonyl (C=O) groups excluding carboxylic acids is 3. The number of anilines is 1. The molecule has 0 bridgehead atoms. The van der Waals surface area contributed by atoms with E-state index in [0.717, 1.165) is 12.8 Å². The van der Waals surface area contributed by atoms with Crippen molar-refractivity contribution >= 4 is 23.4 Å². The van der Waals surface area contributed by atoms with Crippen LogP contribution >= 0.6 is 0 Å². The van der Waals surface area contributed by atoms with Crippen molar-refractivity contribution in [3.8, 4) is 0 Å². The first-order chi connectivity index (χ1) is 12.4. The Hall–Kier alpha value is -2.37. The SMILES string of the molecule is CCCN(CCC)C(=O)CN1C(=O)c2ccccc2N2C(=O)CCC12C. The number of amides is 3. The highest BCUT2D eigenvalue weighted by molar-refractivity contribution is 6.11. The van der Waals surface area contributed by atoms with Crippen LogP contribution in [0, 0.1) is 0 Å². The second-order valence-corrected chi connectivity index (χ2v) is 7.24. The first-order valence-corrected chi connectivity index (χ1v) is 9.45. The maximum absolute atomic E-state index is 13.2. The van der Waals surface area contributed by atoms with E-state index in [-0.39, 0.29) is 24.3 Å². The maximum atomic E-state index is 13.2. The number of fused-ring (bicyclic) bond motifs is 3. The summed E-state index contributed by atoms with van der Waals surface area (Å²) >= 11 is 0. The number of benzene rings is 1. The van der Waals surface area contributed by atoms with Crippen LogP contribution in [0.15, 0.2) is 24.3 Å². The second-order valence-electron chi connectivity index (χ2n) is 7.24.